The first-order valence-electron chi connectivity index (χ1n) is 11.7. The molecule has 7 nitrogen and oxygen atoms in total. The van der Waals surface area contributed by atoms with Gasteiger partial charge in [0.1, 0.15) is 17.3 Å². The van der Waals surface area contributed by atoms with E-state index in [1.807, 2.05) is 45.9 Å². The Labute approximate surface area is 199 Å². The van der Waals surface area contributed by atoms with Gasteiger partial charge in [-0.25, -0.2) is 0 Å². The van der Waals surface area contributed by atoms with Crippen LogP contribution in [0.4, 0.5) is 5.69 Å². The highest BCUT2D eigenvalue weighted by molar-refractivity contribution is 6.23. The number of aromatic nitrogens is 1. The largest absolute Gasteiger partial charge is 0.511 e. The number of aliphatic hydroxyl groups is 1. The molecule has 2 aromatic rings. The molecule has 0 atom stereocenters. The molecule has 180 valence electrons. The number of benzene rings is 1. The van der Waals surface area contributed by atoms with E-state index in [-0.39, 0.29) is 33.7 Å². The first-order chi connectivity index (χ1) is 16.0. The van der Waals surface area contributed by atoms with Crippen LogP contribution in [-0.2, 0) is 17.6 Å². The Morgan fingerprint density at radius 2 is 1.79 bits per heavy atom. The molecule has 0 aliphatic heterocycles. The summed E-state index contributed by atoms with van der Waals surface area (Å²) in [5.41, 5.74) is 2.05. The van der Waals surface area contributed by atoms with Crippen molar-refractivity contribution in [3.8, 4) is 5.75 Å². The number of aliphatic imine (C=N–C) groups is 1. The summed E-state index contributed by atoms with van der Waals surface area (Å²) >= 11 is 0. The SMILES string of the molecule is COc1cccc(N=C(CCc2noc3c2C(=O)CC(C)(C)C3)C2=C(O)CC(C)(C)CC2=O)c1. The molecule has 1 heterocycles. The maximum atomic E-state index is 13.1. The smallest absolute Gasteiger partial charge is 0.168 e. The van der Waals surface area contributed by atoms with Crippen molar-refractivity contribution in [1.29, 1.82) is 0 Å². The molecule has 0 bridgehead atoms. The van der Waals surface area contributed by atoms with E-state index < -0.39 is 0 Å². The second-order valence-corrected chi connectivity index (χ2v) is 10.9. The molecular formula is C27H32N2O5. The molecule has 1 aromatic carbocycles. The Morgan fingerprint density at radius 3 is 2.50 bits per heavy atom. The van der Waals surface area contributed by atoms with Crippen LogP contribution in [0.2, 0.25) is 0 Å². The molecule has 1 N–H and O–H groups in total. The zero-order chi connectivity index (χ0) is 24.7. The van der Waals surface area contributed by atoms with Crippen molar-refractivity contribution in [2.75, 3.05) is 7.11 Å². The summed E-state index contributed by atoms with van der Waals surface area (Å²) in [5, 5.41) is 15.0. The monoisotopic (exact) mass is 464 g/mol. The molecule has 1 aromatic heterocycles. The zero-order valence-electron chi connectivity index (χ0n) is 20.5. The van der Waals surface area contributed by atoms with Gasteiger partial charge in [0.25, 0.3) is 0 Å². The molecular weight excluding hydrogens is 432 g/mol. The predicted molar refractivity (Wildman–Crippen MR) is 129 cm³/mol. The molecule has 0 spiro atoms. The van der Waals surface area contributed by atoms with Crippen LogP contribution in [-0.4, -0.2) is 34.7 Å². The average Bonchev–Trinajstić information content (AvgIpc) is 3.12. The van der Waals surface area contributed by atoms with Gasteiger partial charge >= 0.3 is 0 Å². The molecule has 0 radical (unpaired) electrons. The predicted octanol–water partition coefficient (Wildman–Crippen LogP) is 5.74. The molecule has 0 unspecified atom stereocenters. The molecule has 0 fully saturated rings. The first kappa shape index (κ1) is 23.9. The molecule has 4 rings (SSSR count). The van der Waals surface area contributed by atoms with Crippen LogP contribution in [0.15, 0.2) is 45.1 Å². The number of hydrogen-bond acceptors (Lipinski definition) is 7. The van der Waals surface area contributed by atoms with Crippen LogP contribution < -0.4 is 4.74 Å². The Kier molecular flexibility index (Phi) is 6.23. The molecule has 7 heteroatoms. The minimum atomic E-state index is -0.309. The summed E-state index contributed by atoms with van der Waals surface area (Å²) in [4.78, 5) is 30.6. The number of ether oxygens (including phenoxy) is 1. The fourth-order valence-electron chi connectivity index (χ4n) is 4.92. The van der Waals surface area contributed by atoms with Gasteiger partial charge in [0, 0.05) is 31.7 Å². The van der Waals surface area contributed by atoms with Crippen molar-refractivity contribution in [2.45, 2.75) is 66.2 Å². The quantitative estimate of drug-likeness (QED) is 0.547. The van der Waals surface area contributed by atoms with Gasteiger partial charge in [0.05, 0.1) is 35.3 Å². The van der Waals surface area contributed by atoms with Crippen molar-refractivity contribution in [1.82, 2.24) is 5.16 Å². The summed E-state index contributed by atoms with van der Waals surface area (Å²) in [7, 11) is 1.58. The van der Waals surface area contributed by atoms with Gasteiger partial charge in [0.2, 0.25) is 0 Å². The zero-order valence-corrected chi connectivity index (χ0v) is 20.5. The number of allylic oxidation sites excluding steroid dienone is 2. The van der Waals surface area contributed by atoms with Crippen molar-refractivity contribution in [3.63, 3.8) is 0 Å². The van der Waals surface area contributed by atoms with Crippen LogP contribution in [0.1, 0.15) is 75.2 Å². The summed E-state index contributed by atoms with van der Waals surface area (Å²) in [6, 6.07) is 7.24. The Bertz CT molecular complexity index is 1200. The van der Waals surface area contributed by atoms with E-state index >= 15 is 0 Å². The van der Waals surface area contributed by atoms with Crippen molar-refractivity contribution in [2.24, 2.45) is 15.8 Å². The van der Waals surface area contributed by atoms with Crippen molar-refractivity contribution >= 4 is 23.0 Å². The van der Waals surface area contributed by atoms with Crippen LogP contribution in [0.3, 0.4) is 0 Å². The van der Waals surface area contributed by atoms with Gasteiger partial charge in [0.15, 0.2) is 11.6 Å². The molecule has 2 aliphatic carbocycles. The Balaban J connectivity index is 1.69. The lowest BCUT2D eigenvalue weighted by atomic mass is 9.74. The highest BCUT2D eigenvalue weighted by atomic mass is 16.5. The fraction of sp³-hybridized carbons (Fsp3) is 0.481. The number of carbonyl (C=O) groups is 2. The maximum Gasteiger partial charge on any atom is 0.168 e. The highest BCUT2D eigenvalue weighted by Crippen LogP contribution is 2.38. The number of aryl methyl sites for hydroxylation is 1. The molecule has 0 amide bonds. The number of fused-ring (bicyclic) bond motifs is 1. The Morgan fingerprint density at radius 1 is 1.09 bits per heavy atom. The number of ketones is 2. The van der Waals surface area contributed by atoms with Gasteiger partial charge in [-0.1, -0.05) is 38.9 Å². The third kappa shape index (κ3) is 4.98. The van der Waals surface area contributed by atoms with Crippen molar-refractivity contribution in [3.05, 3.63) is 52.6 Å². The summed E-state index contributed by atoms with van der Waals surface area (Å²) in [6.07, 6.45) is 2.54. The van der Waals surface area contributed by atoms with E-state index in [1.54, 1.807) is 13.2 Å². The van der Waals surface area contributed by atoms with E-state index in [0.29, 0.717) is 72.7 Å². The van der Waals surface area contributed by atoms with Gasteiger partial charge in [-0.05, 0) is 35.8 Å². The summed E-state index contributed by atoms with van der Waals surface area (Å²) < 4.78 is 10.8. The number of Topliss-reactive ketones (excluding diaryl/α,β-unsaturated/α-hetero) is 2. The number of aliphatic hydroxyl groups excluding tert-OH is 1. The number of methoxy groups -OCH3 is 1. The molecule has 0 saturated heterocycles. The number of carbonyl (C=O) groups excluding carboxylic acids is 2. The Hall–Kier alpha value is -3.22. The van der Waals surface area contributed by atoms with E-state index in [2.05, 4.69) is 5.16 Å². The number of hydrogen-bond donors (Lipinski definition) is 1. The lowest BCUT2D eigenvalue weighted by Gasteiger charge is -2.30. The molecule has 34 heavy (non-hydrogen) atoms. The van der Waals surface area contributed by atoms with Crippen LogP contribution in [0.5, 0.6) is 5.75 Å². The van der Waals surface area contributed by atoms with E-state index in [1.165, 1.54) is 0 Å². The van der Waals surface area contributed by atoms with Crippen molar-refractivity contribution < 1.29 is 24.0 Å². The van der Waals surface area contributed by atoms with Crippen LogP contribution in [0, 0.1) is 10.8 Å². The number of rotatable bonds is 6. The van der Waals surface area contributed by atoms with Gasteiger partial charge < -0.3 is 14.4 Å². The minimum Gasteiger partial charge on any atom is -0.511 e. The molecule has 0 saturated carbocycles. The highest BCUT2D eigenvalue weighted by Gasteiger charge is 2.37. The van der Waals surface area contributed by atoms with E-state index in [0.717, 1.165) is 0 Å². The topological polar surface area (TPSA) is 102 Å². The minimum absolute atomic E-state index is 0.0336. The third-order valence-electron chi connectivity index (χ3n) is 6.45. The number of nitrogens with zero attached hydrogens (tertiary/aromatic N) is 2. The van der Waals surface area contributed by atoms with Crippen LogP contribution in [0.25, 0.3) is 0 Å². The third-order valence-corrected chi connectivity index (χ3v) is 6.45. The lowest BCUT2D eigenvalue weighted by Crippen LogP contribution is -2.29. The normalized spacial score (nSPS) is 19.9. The van der Waals surface area contributed by atoms with E-state index in [9.17, 15) is 14.7 Å². The fourth-order valence-corrected chi connectivity index (χ4v) is 4.92. The molecule has 2 aliphatic rings. The first-order valence-corrected chi connectivity index (χ1v) is 11.7. The maximum absolute atomic E-state index is 13.1. The average molecular weight is 465 g/mol. The van der Waals surface area contributed by atoms with Gasteiger partial charge in [-0.2, -0.15) is 0 Å². The van der Waals surface area contributed by atoms with E-state index in [4.69, 9.17) is 14.3 Å². The summed E-state index contributed by atoms with van der Waals surface area (Å²) in [6.45, 7) is 8.01. The summed E-state index contributed by atoms with van der Waals surface area (Å²) in [5.74, 6) is 1.23. The second kappa shape index (κ2) is 8.85. The van der Waals surface area contributed by atoms with Gasteiger partial charge in [-0.15, -0.1) is 0 Å². The van der Waals surface area contributed by atoms with Crippen LogP contribution >= 0.6 is 0 Å². The lowest BCUT2D eigenvalue weighted by molar-refractivity contribution is -0.118. The standard InChI is InChI=1S/C27H32N2O5/c1-26(2)12-20(30)24(21(31)13-26)18(28-16-7-6-8-17(11-16)33-5)9-10-19-25-22(32)14-27(3,4)15-23(25)34-29-19/h6-8,11,30H,9-10,12-15H2,1-5H3. The second-order valence-electron chi connectivity index (χ2n) is 10.9. The van der Waals surface area contributed by atoms with Gasteiger partial charge in [-0.3, -0.25) is 14.6 Å².